The van der Waals surface area contributed by atoms with Gasteiger partial charge in [-0.3, -0.25) is 14.5 Å². The van der Waals surface area contributed by atoms with Crippen molar-refractivity contribution in [1.82, 2.24) is 4.90 Å². The second-order valence-corrected chi connectivity index (χ2v) is 6.87. The number of hydrogen-bond acceptors (Lipinski definition) is 4. The van der Waals surface area contributed by atoms with Crippen LogP contribution in [0.3, 0.4) is 0 Å². The Hall–Kier alpha value is -3.86. The Balaban J connectivity index is 1.81. The second-order valence-electron chi connectivity index (χ2n) is 6.87. The lowest BCUT2D eigenvalue weighted by molar-refractivity contribution is -0.136. The first kappa shape index (κ1) is 19.5. The molecule has 3 aromatic carbocycles. The zero-order valence-electron chi connectivity index (χ0n) is 16.7. The van der Waals surface area contributed by atoms with E-state index in [0.29, 0.717) is 23.5 Å². The Bertz CT molecular complexity index is 1160. The number of amides is 2. The summed E-state index contributed by atoms with van der Waals surface area (Å²) in [5.41, 5.74) is 2.04. The topological polar surface area (TPSA) is 58.6 Å². The van der Waals surface area contributed by atoms with Gasteiger partial charge >= 0.3 is 0 Å². The largest absolute Gasteiger partial charge is 0.494 e. The highest BCUT2D eigenvalue weighted by atomic mass is 16.5. The van der Waals surface area contributed by atoms with Crippen molar-refractivity contribution < 1.29 is 14.3 Å². The minimum absolute atomic E-state index is 0.152. The van der Waals surface area contributed by atoms with E-state index in [4.69, 9.17) is 4.74 Å². The highest BCUT2D eigenvalue weighted by Gasteiger charge is 2.38. The summed E-state index contributed by atoms with van der Waals surface area (Å²) in [6.45, 7) is 6.29. The molecule has 1 heterocycles. The third kappa shape index (κ3) is 3.46. The van der Waals surface area contributed by atoms with Crippen molar-refractivity contribution >= 4 is 33.8 Å². The van der Waals surface area contributed by atoms with E-state index in [1.54, 1.807) is 30.3 Å². The molecule has 3 aromatic rings. The molecule has 0 radical (unpaired) electrons. The average molecular weight is 398 g/mol. The Morgan fingerprint density at radius 2 is 1.70 bits per heavy atom. The van der Waals surface area contributed by atoms with Gasteiger partial charge in [0.05, 0.1) is 12.2 Å². The normalized spacial score (nSPS) is 13.8. The van der Waals surface area contributed by atoms with Crippen LogP contribution in [0.2, 0.25) is 0 Å². The van der Waals surface area contributed by atoms with Crippen molar-refractivity contribution in [1.29, 1.82) is 0 Å². The highest BCUT2D eigenvalue weighted by Crippen LogP contribution is 2.33. The standard InChI is InChI=1S/C25H22N2O3/c1-3-16-27-24(28)22(18-12-14-19(15-13-18)30-4-2)23(25(27)29)26-21-11-7-9-17-8-5-6-10-20(17)21/h3,5-15,26H,1,4,16H2,2H3. The van der Waals surface area contributed by atoms with Crippen LogP contribution in [0.4, 0.5) is 5.69 Å². The van der Waals surface area contributed by atoms with E-state index in [-0.39, 0.29) is 24.1 Å². The number of ether oxygens (including phenoxy) is 1. The van der Waals surface area contributed by atoms with E-state index in [1.807, 2.05) is 49.4 Å². The summed E-state index contributed by atoms with van der Waals surface area (Å²) in [7, 11) is 0. The molecular weight excluding hydrogens is 376 g/mol. The Morgan fingerprint density at radius 1 is 0.967 bits per heavy atom. The maximum absolute atomic E-state index is 13.1. The molecule has 0 saturated heterocycles. The molecule has 0 saturated carbocycles. The fraction of sp³-hybridized carbons (Fsp3) is 0.120. The maximum atomic E-state index is 13.1. The van der Waals surface area contributed by atoms with Gasteiger partial charge in [0.2, 0.25) is 0 Å². The summed E-state index contributed by atoms with van der Waals surface area (Å²) >= 11 is 0. The van der Waals surface area contributed by atoms with Crippen molar-refractivity contribution in [2.24, 2.45) is 0 Å². The van der Waals surface area contributed by atoms with Gasteiger partial charge in [0, 0.05) is 17.6 Å². The Labute approximate surface area is 175 Å². The van der Waals surface area contributed by atoms with E-state index in [0.717, 1.165) is 16.5 Å². The van der Waals surface area contributed by atoms with Crippen molar-refractivity contribution in [3.05, 3.63) is 90.6 Å². The average Bonchev–Trinajstić information content (AvgIpc) is 2.99. The number of fused-ring (bicyclic) bond motifs is 1. The van der Waals surface area contributed by atoms with E-state index in [9.17, 15) is 9.59 Å². The van der Waals surface area contributed by atoms with Crippen LogP contribution in [-0.4, -0.2) is 29.9 Å². The van der Waals surface area contributed by atoms with E-state index < -0.39 is 0 Å². The molecule has 0 aliphatic carbocycles. The van der Waals surface area contributed by atoms with Gasteiger partial charge in [-0.15, -0.1) is 6.58 Å². The predicted molar refractivity (Wildman–Crippen MR) is 119 cm³/mol. The minimum atomic E-state index is -0.364. The number of anilines is 1. The number of carbonyl (C=O) groups excluding carboxylic acids is 2. The lowest BCUT2D eigenvalue weighted by Crippen LogP contribution is -2.32. The van der Waals surface area contributed by atoms with Crippen LogP contribution in [-0.2, 0) is 9.59 Å². The molecular formula is C25H22N2O3. The van der Waals surface area contributed by atoms with Crippen molar-refractivity contribution in [3.8, 4) is 5.75 Å². The molecule has 0 spiro atoms. The first-order valence-corrected chi connectivity index (χ1v) is 9.83. The van der Waals surface area contributed by atoms with Crippen molar-refractivity contribution in [2.45, 2.75) is 6.92 Å². The molecule has 5 heteroatoms. The number of benzene rings is 3. The van der Waals surface area contributed by atoms with Gasteiger partial charge in [0.15, 0.2) is 0 Å². The summed E-state index contributed by atoms with van der Waals surface area (Å²) in [6.07, 6.45) is 1.55. The molecule has 1 aliphatic rings. The summed E-state index contributed by atoms with van der Waals surface area (Å²) in [5, 5.41) is 5.26. The van der Waals surface area contributed by atoms with Gasteiger partial charge in [-0.2, -0.15) is 0 Å². The Kier molecular flexibility index (Phi) is 5.35. The lowest BCUT2D eigenvalue weighted by Gasteiger charge is -2.13. The summed E-state index contributed by atoms with van der Waals surface area (Å²) in [6, 6.07) is 20.9. The fourth-order valence-electron chi connectivity index (χ4n) is 3.61. The zero-order chi connectivity index (χ0) is 21.1. The number of imide groups is 1. The first-order valence-electron chi connectivity index (χ1n) is 9.83. The third-order valence-corrected chi connectivity index (χ3v) is 4.98. The molecule has 5 nitrogen and oxygen atoms in total. The number of rotatable bonds is 7. The van der Waals surface area contributed by atoms with Gasteiger partial charge in [0.25, 0.3) is 11.8 Å². The quantitative estimate of drug-likeness (QED) is 0.466. The molecule has 0 bridgehead atoms. The maximum Gasteiger partial charge on any atom is 0.278 e. The zero-order valence-corrected chi connectivity index (χ0v) is 16.7. The summed E-state index contributed by atoms with van der Waals surface area (Å²) in [5.74, 6) is 0.00801. The molecule has 0 aromatic heterocycles. The van der Waals surface area contributed by atoms with Gasteiger partial charge < -0.3 is 10.1 Å². The summed E-state index contributed by atoms with van der Waals surface area (Å²) < 4.78 is 5.49. The van der Waals surface area contributed by atoms with Crippen LogP contribution >= 0.6 is 0 Å². The number of nitrogens with zero attached hydrogens (tertiary/aromatic N) is 1. The third-order valence-electron chi connectivity index (χ3n) is 4.98. The van der Waals surface area contributed by atoms with E-state index in [2.05, 4.69) is 11.9 Å². The first-order chi connectivity index (χ1) is 14.6. The Morgan fingerprint density at radius 3 is 2.43 bits per heavy atom. The molecule has 1 N–H and O–H groups in total. The van der Waals surface area contributed by atoms with Gasteiger partial charge in [-0.1, -0.05) is 54.6 Å². The molecule has 0 fully saturated rings. The molecule has 4 rings (SSSR count). The molecule has 30 heavy (non-hydrogen) atoms. The van der Waals surface area contributed by atoms with Crippen molar-refractivity contribution in [3.63, 3.8) is 0 Å². The number of carbonyl (C=O) groups is 2. The van der Waals surface area contributed by atoms with Gasteiger partial charge in [-0.05, 0) is 36.1 Å². The van der Waals surface area contributed by atoms with Gasteiger partial charge in [-0.25, -0.2) is 0 Å². The van der Waals surface area contributed by atoms with Crippen LogP contribution in [0.5, 0.6) is 5.75 Å². The van der Waals surface area contributed by atoms with Crippen LogP contribution in [0, 0.1) is 0 Å². The van der Waals surface area contributed by atoms with Crippen LogP contribution in [0.1, 0.15) is 12.5 Å². The smallest absolute Gasteiger partial charge is 0.278 e. The molecule has 0 unspecified atom stereocenters. The van der Waals surface area contributed by atoms with Crippen LogP contribution in [0.25, 0.3) is 16.3 Å². The number of hydrogen-bond donors (Lipinski definition) is 1. The lowest BCUT2D eigenvalue weighted by atomic mass is 10.0. The molecule has 150 valence electrons. The van der Waals surface area contributed by atoms with Crippen molar-refractivity contribution in [2.75, 3.05) is 18.5 Å². The monoisotopic (exact) mass is 398 g/mol. The molecule has 2 amide bonds. The van der Waals surface area contributed by atoms with Crippen LogP contribution < -0.4 is 10.1 Å². The van der Waals surface area contributed by atoms with Gasteiger partial charge in [0.1, 0.15) is 11.4 Å². The highest BCUT2D eigenvalue weighted by molar-refractivity contribution is 6.36. The fourth-order valence-corrected chi connectivity index (χ4v) is 3.61. The van der Waals surface area contributed by atoms with E-state index >= 15 is 0 Å². The minimum Gasteiger partial charge on any atom is -0.494 e. The predicted octanol–water partition coefficient (Wildman–Crippen LogP) is 4.62. The number of nitrogens with one attached hydrogen (secondary N) is 1. The SMILES string of the molecule is C=CCN1C(=O)C(Nc2cccc3ccccc23)=C(c2ccc(OCC)cc2)C1=O. The van der Waals surface area contributed by atoms with E-state index in [1.165, 1.54) is 4.90 Å². The molecule has 0 atom stereocenters. The van der Waals surface area contributed by atoms with Crippen LogP contribution in [0.15, 0.2) is 85.1 Å². The second kappa shape index (κ2) is 8.25. The molecule has 1 aliphatic heterocycles. The summed E-state index contributed by atoms with van der Waals surface area (Å²) in [4.78, 5) is 27.4.